The van der Waals surface area contributed by atoms with Gasteiger partial charge in [-0.25, -0.2) is 0 Å². The normalized spacial score (nSPS) is 12.7. The molecular weight excluding hydrogens is 307 g/mol. The Morgan fingerprint density at radius 3 is 2.22 bits per heavy atom. The number of nitrogens with two attached hydrogens (primary N) is 1. The summed E-state index contributed by atoms with van der Waals surface area (Å²) in [5.74, 6) is -0.499. The number of halogens is 3. The van der Waals surface area contributed by atoms with E-state index in [9.17, 15) is 18.0 Å². The standard InChI is InChI=1S/C17H16F3NO2/c18-17(19,20)14-8-6-13(7-9-14)15(21)10-16(22)23-11-12-4-2-1-3-5-12/h1-9,15H,10-11,21H2. The number of benzene rings is 2. The molecule has 0 fully saturated rings. The van der Waals surface area contributed by atoms with Crippen molar-refractivity contribution in [3.05, 3.63) is 71.3 Å². The van der Waals surface area contributed by atoms with Gasteiger partial charge in [0.05, 0.1) is 12.0 Å². The second kappa shape index (κ2) is 7.28. The van der Waals surface area contributed by atoms with Crippen LogP contribution >= 0.6 is 0 Å². The van der Waals surface area contributed by atoms with E-state index in [-0.39, 0.29) is 13.0 Å². The molecule has 2 N–H and O–H groups in total. The van der Waals surface area contributed by atoms with E-state index in [0.717, 1.165) is 17.7 Å². The minimum Gasteiger partial charge on any atom is -0.461 e. The van der Waals surface area contributed by atoms with Crippen LogP contribution in [0.25, 0.3) is 0 Å². The molecule has 0 aliphatic carbocycles. The number of hydrogen-bond acceptors (Lipinski definition) is 3. The van der Waals surface area contributed by atoms with E-state index in [4.69, 9.17) is 10.5 Å². The van der Waals surface area contributed by atoms with Gasteiger partial charge in [-0.3, -0.25) is 4.79 Å². The fourth-order valence-corrected chi connectivity index (χ4v) is 2.01. The highest BCUT2D eigenvalue weighted by Crippen LogP contribution is 2.30. The van der Waals surface area contributed by atoms with Gasteiger partial charge in [-0.1, -0.05) is 42.5 Å². The van der Waals surface area contributed by atoms with Crippen LogP contribution in [-0.2, 0) is 22.3 Å². The Hall–Kier alpha value is -2.34. The van der Waals surface area contributed by atoms with E-state index in [1.807, 2.05) is 30.3 Å². The van der Waals surface area contributed by atoms with Gasteiger partial charge in [0.15, 0.2) is 0 Å². The first kappa shape index (κ1) is 17.0. The third-order valence-corrected chi connectivity index (χ3v) is 3.30. The lowest BCUT2D eigenvalue weighted by Gasteiger charge is -2.13. The van der Waals surface area contributed by atoms with Gasteiger partial charge < -0.3 is 10.5 Å². The van der Waals surface area contributed by atoms with Gasteiger partial charge in [0, 0.05) is 6.04 Å². The molecular formula is C17H16F3NO2. The summed E-state index contributed by atoms with van der Waals surface area (Å²) < 4.78 is 42.6. The predicted molar refractivity (Wildman–Crippen MR) is 79.2 cm³/mol. The zero-order valence-corrected chi connectivity index (χ0v) is 12.2. The summed E-state index contributed by atoms with van der Waals surface area (Å²) in [6.45, 7) is 0.138. The van der Waals surface area contributed by atoms with E-state index < -0.39 is 23.8 Å². The first-order chi connectivity index (χ1) is 10.9. The summed E-state index contributed by atoms with van der Waals surface area (Å²) in [6.07, 6.45) is -4.49. The lowest BCUT2D eigenvalue weighted by Crippen LogP contribution is -2.17. The summed E-state index contributed by atoms with van der Waals surface area (Å²) in [7, 11) is 0. The number of carbonyl (C=O) groups excluding carboxylic acids is 1. The average molecular weight is 323 g/mol. The third-order valence-electron chi connectivity index (χ3n) is 3.30. The van der Waals surface area contributed by atoms with Crippen molar-refractivity contribution in [2.45, 2.75) is 25.2 Å². The summed E-state index contributed by atoms with van der Waals surface area (Å²) >= 11 is 0. The van der Waals surface area contributed by atoms with E-state index in [1.54, 1.807) is 0 Å². The van der Waals surface area contributed by atoms with Crippen LogP contribution in [0.2, 0.25) is 0 Å². The van der Waals surface area contributed by atoms with Crippen molar-refractivity contribution in [3.8, 4) is 0 Å². The third kappa shape index (κ3) is 5.10. The van der Waals surface area contributed by atoms with E-state index in [0.29, 0.717) is 5.56 Å². The summed E-state index contributed by atoms with van der Waals surface area (Å²) in [5.41, 5.74) is 6.40. The van der Waals surface area contributed by atoms with Gasteiger partial charge in [0.1, 0.15) is 6.61 Å². The fourth-order valence-electron chi connectivity index (χ4n) is 2.01. The Bertz CT molecular complexity index is 639. The monoisotopic (exact) mass is 323 g/mol. The number of esters is 1. The Kier molecular flexibility index (Phi) is 5.39. The van der Waals surface area contributed by atoms with Gasteiger partial charge in [0.2, 0.25) is 0 Å². The van der Waals surface area contributed by atoms with Crippen LogP contribution in [0.3, 0.4) is 0 Å². The maximum absolute atomic E-state index is 12.5. The van der Waals surface area contributed by atoms with Crippen molar-refractivity contribution < 1.29 is 22.7 Å². The molecule has 3 nitrogen and oxygen atoms in total. The lowest BCUT2D eigenvalue weighted by atomic mass is 10.0. The van der Waals surface area contributed by atoms with Gasteiger partial charge >= 0.3 is 12.1 Å². The summed E-state index contributed by atoms with van der Waals surface area (Å²) in [6, 6.07) is 12.9. The largest absolute Gasteiger partial charge is 0.461 e. The molecule has 0 amide bonds. The lowest BCUT2D eigenvalue weighted by molar-refractivity contribution is -0.145. The minimum absolute atomic E-state index is 0.0990. The summed E-state index contributed by atoms with van der Waals surface area (Å²) in [5, 5.41) is 0. The van der Waals surface area contributed by atoms with Crippen LogP contribution in [0.15, 0.2) is 54.6 Å². The highest BCUT2D eigenvalue weighted by atomic mass is 19.4. The molecule has 23 heavy (non-hydrogen) atoms. The Balaban J connectivity index is 1.88. The number of carbonyl (C=O) groups is 1. The molecule has 0 saturated carbocycles. The molecule has 2 rings (SSSR count). The average Bonchev–Trinajstić information content (AvgIpc) is 2.53. The van der Waals surface area contributed by atoms with Crippen molar-refractivity contribution >= 4 is 5.97 Å². The molecule has 0 spiro atoms. The van der Waals surface area contributed by atoms with E-state index in [2.05, 4.69) is 0 Å². The first-order valence-corrected chi connectivity index (χ1v) is 6.98. The van der Waals surface area contributed by atoms with Crippen LogP contribution in [0.4, 0.5) is 13.2 Å². The first-order valence-electron chi connectivity index (χ1n) is 6.98. The van der Waals surface area contributed by atoms with Crippen LogP contribution < -0.4 is 5.73 Å². The van der Waals surface area contributed by atoms with Crippen molar-refractivity contribution in [1.29, 1.82) is 0 Å². The van der Waals surface area contributed by atoms with E-state index >= 15 is 0 Å². The van der Waals surface area contributed by atoms with Gasteiger partial charge in [-0.2, -0.15) is 13.2 Å². The molecule has 6 heteroatoms. The quantitative estimate of drug-likeness (QED) is 0.851. The Morgan fingerprint density at radius 2 is 1.65 bits per heavy atom. The van der Waals surface area contributed by atoms with E-state index in [1.165, 1.54) is 12.1 Å². The molecule has 0 aliphatic heterocycles. The SMILES string of the molecule is NC(CC(=O)OCc1ccccc1)c1ccc(C(F)(F)F)cc1. The topological polar surface area (TPSA) is 52.3 Å². The number of alkyl halides is 3. The maximum Gasteiger partial charge on any atom is 0.416 e. The predicted octanol–water partition coefficient (Wildman–Crippen LogP) is 3.84. The molecule has 0 heterocycles. The van der Waals surface area contributed by atoms with Gasteiger partial charge in [-0.05, 0) is 23.3 Å². The van der Waals surface area contributed by atoms with Crippen molar-refractivity contribution in [2.24, 2.45) is 5.73 Å². The van der Waals surface area contributed by atoms with Crippen molar-refractivity contribution in [1.82, 2.24) is 0 Å². The molecule has 2 aromatic rings. The summed E-state index contributed by atoms with van der Waals surface area (Å²) in [4.78, 5) is 11.7. The van der Waals surface area contributed by atoms with Crippen LogP contribution in [-0.4, -0.2) is 5.97 Å². The van der Waals surface area contributed by atoms with Crippen LogP contribution in [0.5, 0.6) is 0 Å². The fraction of sp³-hybridized carbons (Fsp3) is 0.235. The number of hydrogen-bond donors (Lipinski definition) is 1. The second-order valence-electron chi connectivity index (χ2n) is 5.08. The molecule has 1 atom stereocenters. The minimum atomic E-state index is -4.39. The second-order valence-corrected chi connectivity index (χ2v) is 5.08. The Labute approximate surface area is 131 Å². The molecule has 0 aliphatic rings. The van der Waals surface area contributed by atoms with Crippen LogP contribution in [0, 0.1) is 0 Å². The van der Waals surface area contributed by atoms with Gasteiger partial charge in [0.25, 0.3) is 0 Å². The highest BCUT2D eigenvalue weighted by molar-refractivity contribution is 5.70. The number of rotatable bonds is 5. The number of ether oxygens (including phenoxy) is 1. The molecule has 0 saturated heterocycles. The Morgan fingerprint density at radius 1 is 1.04 bits per heavy atom. The van der Waals surface area contributed by atoms with Gasteiger partial charge in [-0.15, -0.1) is 0 Å². The molecule has 0 aromatic heterocycles. The molecule has 1 unspecified atom stereocenters. The van der Waals surface area contributed by atoms with Crippen LogP contribution in [0.1, 0.15) is 29.2 Å². The molecule has 2 aromatic carbocycles. The van der Waals surface area contributed by atoms with Crippen molar-refractivity contribution in [3.63, 3.8) is 0 Å². The zero-order valence-electron chi connectivity index (χ0n) is 12.2. The zero-order chi connectivity index (χ0) is 16.9. The smallest absolute Gasteiger partial charge is 0.416 e. The maximum atomic E-state index is 12.5. The molecule has 0 radical (unpaired) electrons. The molecule has 122 valence electrons. The molecule has 0 bridgehead atoms. The van der Waals surface area contributed by atoms with Crippen molar-refractivity contribution in [2.75, 3.05) is 0 Å². The highest BCUT2D eigenvalue weighted by Gasteiger charge is 2.30.